The maximum absolute atomic E-state index is 15.0. The molecule has 184 valence electrons. The fraction of sp³-hybridized carbons (Fsp3) is 0.333. The zero-order chi connectivity index (χ0) is 24.9. The molecular weight excluding hydrogens is 458 g/mol. The molecular formula is C24H26F2N6O3. The number of carbonyl (C=O) groups is 2. The molecule has 3 N–H and O–H groups in total. The van der Waals surface area contributed by atoms with E-state index in [1.54, 1.807) is 25.4 Å². The first kappa shape index (κ1) is 24.1. The molecule has 1 aliphatic rings. The van der Waals surface area contributed by atoms with Gasteiger partial charge in [-0.25, -0.2) is 18.6 Å². The third kappa shape index (κ3) is 5.73. The highest BCUT2D eigenvalue weighted by molar-refractivity contribution is 5.99. The molecule has 3 heterocycles. The number of nitrogens with one attached hydrogen (secondary N) is 2. The number of carbonyl (C=O) groups excluding carboxylic acids is 1. The van der Waals surface area contributed by atoms with Gasteiger partial charge in [0.2, 0.25) is 0 Å². The summed E-state index contributed by atoms with van der Waals surface area (Å²) >= 11 is 0. The van der Waals surface area contributed by atoms with Crippen molar-refractivity contribution in [2.45, 2.75) is 25.3 Å². The van der Waals surface area contributed by atoms with Crippen molar-refractivity contribution >= 4 is 17.8 Å². The molecule has 1 aliphatic heterocycles. The number of rotatable bonds is 8. The minimum Gasteiger partial charge on any atom is -0.465 e. The topological polar surface area (TPSA) is 112 Å². The van der Waals surface area contributed by atoms with Crippen LogP contribution >= 0.6 is 0 Å². The van der Waals surface area contributed by atoms with Crippen LogP contribution in [0.3, 0.4) is 0 Å². The number of nitrogens with zero attached hydrogens (tertiary/aromatic N) is 4. The Kier molecular flexibility index (Phi) is 7.23. The molecule has 2 aromatic heterocycles. The third-order valence-electron chi connectivity index (χ3n) is 5.92. The zero-order valence-corrected chi connectivity index (χ0v) is 19.2. The van der Waals surface area contributed by atoms with E-state index >= 15 is 0 Å². The van der Waals surface area contributed by atoms with E-state index in [1.807, 2.05) is 0 Å². The van der Waals surface area contributed by atoms with Gasteiger partial charge in [-0.1, -0.05) is 12.1 Å². The summed E-state index contributed by atoms with van der Waals surface area (Å²) in [6.45, 7) is 0.850. The maximum Gasteiger partial charge on any atom is 0.407 e. The van der Waals surface area contributed by atoms with E-state index < -0.39 is 17.8 Å². The van der Waals surface area contributed by atoms with Crippen LogP contribution in [0.25, 0.3) is 11.3 Å². The molecule has 2 amide bonds. The Bertz CT molecular complexity index is 1230. The molecule has 0 saturated carbocycles. The molecule has 0 radical (unpaired) electrons. The zero-order valence-electron chi connectivity index (χ0n) is 19.2. The number of anilines is 1. The molecule has 9 nitrogen and oxygen atoms in total. The van der Waals surface area contributed by atoms with Crippen molar-refractivity contribution in [3.05, 3.63) is 65.5 Å². The summed E-state index contributed by atoms with van der Waals surface area (Å²) in [5.41, 5.74) is 1.24. The van der Waals surface area contributed by atoms with Crippen LogP contribution in [0, 0.1) is 11.6 Å². The SMILES string of the molecule is Cn1cc(-c2nc(NCCc3cccc(F)c3)c(C(=O)NC[C@H]3CCCN3C(=O)O)cc2F)cn1. The monoisotopic (exact) mass is 484 g/mol. The van der Waals surface area contributed by atoms with Crippen molar-refractivity contribution < 1.29 is 23.5 Å². The summed E-state index contributed by atoms with van der Waals surface area (Å²) < 4.78 is 30.0. The lowest BCUT2D eigenvalue weighted by Crippen LogP contribution is -2.42. The van der Waals surface area contributed by atoms with Crippen molar-refractivity contribution in [2.24, 2.45) is 7.05 Å². The average molecular weight is 485 g/mol. The molecule has 0 unspecified atom stereocenters. The summed E-state index contributed by atoms with van der Waals surface area (Å²) in [4.78, 5) is 30.0. The first-order chi connectivity index (χ1) is 16.8. The van der Waals surface area contributed by atoms with E-state index in [-0.39, 0.29) is 35.5 Å². The van der Waals surface area contributed by atoms with Crippen LogP contribution in [-0.2, 0) is 13.5 Å². The van der Waals surface area contributed by atoms with Crippen LogP contribution in [0.2, 0.25) is 0 Å². The molecule has 0 spiro atoms. The summed E-state index contributed by atoms with van der Waals surface area (Å²) in [5, 5.41) is 19.1. The predicted octanol–water partition coefficient (Wildman–Crippen LogP) is 3.29. The van der Waals surface area contributed by atoms with E-state index in [2.05, 4.69) is 20.7 Å². The number of aromatic nitrogens is 3. The van der Waals surface area contributed by atoms with Gasteiger partial charge in [-0.15, -0.1) is 0 Å². The van der Waals surface area contributed by atoms with Gasteiger partial charge in [0.15, 0.2) is 5.82 Å². The number of benzene rings is 1. The second-order valence-corrected chi connectivity index (χ2v) is 8.41. The van der Waals surface area contributed by atoms with Crippen molar-refractivity contribution in [1.82, 2.24) is 25.0 Å². The molecule has 4 rings (SSSR count). The fourth-order valence-electron chi connectivity index (χ4n) is 4.17. The maximum atomic E-state index is 15.0. The second kappa shape index (κ2) is 10.5. The van der Waals surface area contributed by atoms with Crippen molar-refractivity contribution in [3.8, 4) is 11.3 Å². The van der Waals surface area contributed by atoms with Crippen molar-refractivity contribution in [1.29, 1.82) is 0 Å². The normalized spacial score (nSPS) is 15.3. The highest BCUT2D eigenvalue weighted by Crippen LogP contribution is 2.25. The number of hydrogen-bond donors (Lipinski definition) is 3. The van der Waals surface area contributed by atoms with Gasteiger partial charge in [-0.05, 0) is 43.0 Å². The van der Waals surface area contributed by atoms with Crippen molar-refractivity contribution in [3.63, 3.8) is 0 Å². The number of amides is 2. The molecule has 1 aromatic carbocycles. The third-order valence-corrected chi connectivity index (χ3v) is 5.92. The van der Waals surface area contributed by atoms with Crippen LogP contribution in [0.1, 0.15) is 28.8 Å². The van der Waals surface area contributed by atoms with Gasteiger partial charge in [0.25, 0.3) is 5.91 Å². The summed E-state index contributed by atoms with van der Waals surface area (Å²) in [6.07, 6.45) is 3.86. The van der Waals surface area contributed by atoms with Crippen LogP contribution in [-0.4, -0.2) is 62.4 Å². The minimum atomic E-state index is -1.03. The van der Waals surface area contributed by atoms with Gasteiger partial charge in [-0.2, -0.15) is 5.10 Å². The number of aryl methyl sites for hydroxylation is 1. The van der Waals surface area contributed by atoms with Gasteiger partial charge in [0.1, 0.15) is 17.3 Å². The second-order valence-electron chi connectivity index (χ2n) is 8.41. The van der Waals surface area contributed by atoms with E-state index in [0.29, 0.717) is 31.5 Å². The van der Waals surface area contributed by atoms with Crippen LogP contribution < -0.4 is 10.6 Å². The number of pyridine rings is 1. The van der Waals surface area contributed by atoms with Crippen LogP contribution in [0.4, 0.5) is 19.4 Å². The van der Waals surface area contributed by atoms with Crippen LogP contribution in [0.5, 0.6) is 0 Å². The van der Waals surface area contributed by atoms with Gasteiger partial charge in [0.05, 0.1) is 17.8 Å². The number of hydrogen-bond acceptors (Lipinski definition) is 5. The molecule has 0 bridgehead atoms. The first-order valence-corrected chi connectivity index (χ1v) is 11.3. The smallest absolute Gasteiger partial charge is 0.407 e. The Morgan fingerprint density at radius 2 is 2.09 bits per heavy atom. The van der Waals surface area contributed by atoms with Crippen LogP contribution in [0.15, 0.2) is 42.7 Å². The van der Waals surface area contributed by atoms with E-state index in [9.17, 15) is 23.5 Å². The molecule has 1 saturated heterocycles. The molecule has 35 heavy (non-hydrogen) atoms. The Morgan fingerprint density at radius 3 is 2.80 bits per heavy atom. The van der Waals surface area contributed by atoms with E-state index in [1.165, 1.54) is 27.9 Å². The molecule has 1 atom stereocenters. The minimum absolute atomic E-state index is 0.00532. The lowest BCUT2D eigenvalue weighted by Gasteiger charge is -2.22. The summed E-state index contributed by atoms with van der Waals surface area (Å²) in [5.74, 6) is -1.43. The average Bonchev–Trinajstić information content (AvgIpc) is 3.47. The Labute approximate surface area is 200 Å². The molecule has 0 aliphatic carbocycles. The Hall–Kier alpha value is -4.02. The Balaban J connectivity index is 1.54. The number of carboxylic acid groups (broad SMARTS) is 1. The highest BCUT2D eigenvalue weighted by atomic mass is 19.1. The van der Waals surface area contributed by atoms with E-state index in [4.69, 9.17) is 0 Å². The quantitative estimate of drug-likeness (QED) is 0.452. The van der Waals surface area contributed by atoms with Gasteiger partial charge in [0, 0.05) is 38.4 Å². The fourth-order valence-corrected chi connectivity index (χ4v) is 4.17. The largest absolute Gasteiger partial charge is 0.465 e. The number of likely N-dealkylation sites (tertiary alicyclic amines) is 1. The summed E-state index contributed by atoms with van der Waals surface area (Å²) in [6, 6.07) is 6.95. The lowest BCUT2D eigenvalue weighted by molar-refractivity contribution is 0.0934. The molecule has 1 fully saturated rings. The Morgan fingerprint density at radius 1 is 1.26 bits per heavy atom. The number of halogens is 2. The van der Waals surface area contributed by atoms with Gasteiger partial charge >= 0.3 is 6.09 Å². The lowest BCUT2D eigenvalue weighted by atomic mass is 10.1. The van der Waals surface area contributed by atoms with Gasteiger partial charge in [-0.3, -0.25) is 9.48 Å². The predicted molar refractivity (Wildman–Crippen MR) is 125 cm³/mol. The van der Waals surface area contributed by atoms with Gasteiger partial charge < -0.3 is 20.6 Å². The highest BCUT2D eigenvalue weighted by Gasteiger charge is 2.29. The van der Waals surface area contributed by atoms with E-state index in [0.717, 1.165) is 18.1 Å². The molecule has 3 aromatic rings. The summed E-state index contributed by atoms with van der Waals surface area (Å²) in [7, 11) is 1.70. The standard InChI is InChI=1S/C24H26F2N6O3/c1-31-14-16(12-29-31)21-20(26)11-19(23(33)28-13-18-6-3-9-32(18)24(34)35)22(30-21)27-8-7-15-4-2-5-17(25)10-15/h2,4-5,10-12,14,18H,3,6-9,13H2,1H3,(H,27,30)(H,28,33)(H,34,35)/t18-/m1/s1. The molecule has 11 heteroatoms. The first-order valence-electron chi connectivity index (χ1n) is 11.3. The van der Waals surface area contributed by atoms with Crippen molar-refractivity contribution in [2.75, 3.05) is 25.0 Å².